The van der Waals surface area contributed by atoms with E-state index in [1.807, 2.05) is 0 Å². The smallest absolute Gasteiger partial charge is 0.179 e. The Labute approximate surface area is 64.7 Å². The summed E-state index contributed by atoms with van der Waals surface area (Å²) in [6, 6.07) is 6.90. The first kappa shape index (κ1) is 7.88. The fourth-order valence-corrected chi connectivity index (χ4v) is 0.937. The first-order valence-corrected chi connectivity index (χ1v) is 3.39. The van der Waals surface area contributed by atoms with Crippen molar-refractivity contribution in [1.82, 2.24) is 0 Å². The number of nitrogens with zero attached hydrogens (tertiary/aromatic N) is 1. The van der Waals surface area contributed by atoms with Crippen LogP contribution in [0, 0.1) is 4.91 Å². The predicted octanol–water partition coefficient (Wildman–Crippen LogP) is 1.87. The van der Waals surface area contributed by atoms with Crippen LogP contribution in [0.5, 0.6) is 0 Å². The molecule has 1 aromatic rings. The fourth-order valence-electron chi connectivity index (χ4n) is 0.937. The highest BCUT2D eigenvalue weighted by Gasteiger charge is 2.09. The van der Waals surface area contributed by atoms with Crippen LogP contribution >= 0.6 is 0 Å². The highest BCUT2D eigenvalue weighted by atomic mass is 16.3. The first-order valence-electron chi connectivity index (χ1n) is 3.39. The Morgan fingerprint density at radius 3 is 2.55 bits per heavy atom. The molecule has 0 spiro atoms. The second-order valence-electron chi connectivity index (χ2n) is 2.37. The highest BCUT2D eigenvalue weighted by molar-refractivity contribution is 5.46. The molecule has 0 saturated heterocycles. The highest BCUT2D eigenvalue weighted by Crippen LogP contribution is 2.24. The lowest BCUT2D eigenvalue weighted by Gasteiger charge is -2.01. The molecule has 3 nitrogen and oxygen atoms in total. The van der Waals surface area contributed by atoms with Gasteiger partial charge in [0, 0.05) is 6.92 Å². The Morgan fingerprint density at radius 2 is 2.09 bits per heavy atom. The van der Waals surface area contributed by atoms with Crippen LogP contribution in [0.3, 0.4) is 0 Å². The third-order valence-electron chi connectivity index (χ3n) is 1.50. The molecule has 0 aliphatic rings. The van der Waals surface area contributed by atoms with E-state index >= 15 is 0 Å². The normalized spacial score (nSPS) is 12.5. The van der Waals surface area contributed by atoms with Gasteiger partial charge in [0.15, 0.2) is 6.10 Å². The van der Waals surface area contributed by atoms with E-state index in [2.05, 4.69) is 5.18 Å². The van der Waals surface area contributed by atoms with Gasteiger partial charge in [-0.15, -0.1) is 4.91 Å². The van der Waals surface area contributed by atoms with Gasteiger partial charge >= 0.3 is 0 Å². The summed E-state index contributed by atoms with van der Waals surface area (Å²) in [4.78, 5) is 10.2. The van der Waals surface area contributed by atoms with Gasteiger partial charge in [-0.25, -0.2) is 0 Å². The quantitative estimate of drug-likeness (QED) is 0.471. The summed E-state index contributed by atoms with van der Waals surface area (Å²) in [6.07, 6.45) is -0.385. The molecule has 58 valence electrons. The monoisotopic (exact) mass is 152 g/mol. The fraction of sp³-hybridized carbons (Fsp3) is 0.250. The van der Waals surface area contributed by atoms with Gasteiger partial charge < -0.3 is 5.11 Å². The van der Waals surface area contributed by atoms with Crippen LogP contribution in [0.4, 0.5) is 5.69 Å². The van der Waals surface area contributed by atoms with Crippen molar-refractivity contribution in [2.45, 2.75) is 13.0 Å². The van der Waals surface area contributed by atoms with Crippen LogP contribution in [0.25, 0.3) is 0 Å². The summed E-state index contributed by atoms with van der Waals surface area (Å²) in [6.45, 7) is 1.71. The van der Waals surface area contributed by atoms with E-state index in [1.54, 1.807) is 31.2 Å². The van der Waals surface area contributed by atoms with Gasteiger partial charge in [-0.2, -0.15) is 0 Å². The van der Waals surface area contributed by atoms with Gasteiger partial charge in [0.2, 0.25) is 0 Å². The zero-order valence-corrected chi connectivity index (χ0v) is 6.24. The maximum Gasteiger partial charge on any atom is 0.179 e. The summed E-state index contributed by atoms with van der Waals surface area (Å²) in [5.74, 6) is 0. The lowest BCUT2D eigenvalue weighted by atomic mass is 10.1. The summed E-state index contributed by atoms with van der Waals surface area (Å²) in [5.41, 5.74) is 1.05. The van der Waals surface area contributed by atoms with Crippen molar-refractivity contribution >= 4 is 5.69 Å². The largest absolute Gasteiger partial charge is 0.440 e. The van der Waals surface area contributed by atoms with E-state index in [0.717, 1.165) is 0 Å². The van der Waals surface area contributed by atoms with Crippen molar-refractivity contribution in [3.8, 4) is 0 Å². The average Bonchev–Trinajstić information content (AvgIpc) is 2.04. The Morgan fingerprint density at radius 1 is 1.45 bits per heavy atom. The third-order valence-corrected chi connectivity index (χ3v) is 1.50. The summed E-state index contributed by atoms with van der Waals surface area (Å²) in [5, 5.41) is 10.2. The molecule has 3 heteroatoms. The minimum Gasteiger partial charge on any atom is -0.440 e. The molecule has 0 heterocycles. The molecule has 0 aliphatic carbocycles. The van der Waals surface area contributed by atoms with Crippen LogP contribution < -0.4 is 0 Å². The van der Waals surface area contributed by atoms with Crippen LogP contribution in [0.15, 0.2) is 29.4 Å². The van der Waals surface area contributed by atoms with E-state index in [-0.39, 0.29) is 6.10 Å². The van der Waals surface area contributed by atoms with Crippen molar-refractivity contribution in [1.29, 1.82) is 0 Å². The first-order chi connectivity index (χ1) is 5.25. The van der Waals surface area contributed by atoms with Gasteiger partial charge in [-0.05, 0) is 17.3 Å². The zero-order valence-electron chi connectivity index (χ0n) is 6.24. The number of benzene rings is 1. The zero-order chi connectivity index (χ0) is 8.27. The van der Waals surface area contributed by atoms with Gasteiger partial charge in [0.25, 0.3) is 0 Å². The molecular formula is C8H10NO2+. The second-order valence-corrected chi connectivity index (χ2v) is 2.37. The number of nitroso groups, excluding NO2 is 1. The molecule has 0 aromatic heterocycles. The molecule has 1 atom stereocenters. The van der Waals surface area contributed by atoms with E-state index in [4.69, 9.17) is 5.11 Å². The van der Waals surface area contributed by atoms with Crippen molar-refractivity contribution in [2.75, 3.05) is 0 Å². The van der Waals surface area contributed by atoms with E-state index in [1.165, 1.54) is 0 Å². The summed E-state index contributed by atoms with van der Waals surface area (Å²) < 4.78 is 0. The van der Waals surface area contributed by atoms with Crippen LogP contribution in [0.1, 0.15) is 18.6 Å². The molecule has 11 heavy (non-hydrogen) atoms. The molecule has 1 rings (SSSR count). The van der Waals surface area contributed by atoms with Gasteiger partial charge in [-0.3, -0.25) is 0 Å². The molecule has 0 saturated carbocycles. The maximum atomic E-state index is 10.2. The van der Waals surface area contributed by atoms with Gasteiger partial charge in [-0.1, -0.05) is 12.1 Å². The molecule has 1 aromatic carbocycles. The Bertz CT molecular complexity index is 258. The molecule has 0 bridgehead atoms. The van der Waals surface area contributed by atoms with Crippen LogP contribution in [-0.2, 0) is 0 Å². The lowest BCUT2D eigenvalue weighted by molar-refractivity contribution is 0.200. The van der Waals surface area contributed by atoms with Gasteiger partial charge in [0.05, 0.1) is 5.56 Å². The number of rotatable bonds is 2. The maximum absolute atomic E-state index is 10.2. The predicted molar refractivity (Wildman–Crippen MR) is 43.9 cm³/mol. The van der Waals surface area contributed by atoms with E-state index in [0.29, 0.717) is 11.3 Å². The standard InChI is InChI=1S/C8H9NO2/c1-6(10)7-4-2-3-5-8(7)9-11/h2-6,10H,1H3/p+1. The molecule has 0 fully saturated rings. The Hall–Kier alpha value is -1.22. The minimum absolute atomic E-state index is 0.370. The molecular weight excluding hydrogens is 142 g/mol. The van der Waals surface area contributed by atoms with E-state index < -0.39 is 0 Å². The Kier molecular flexibility index (Phi) is 2.33. The Balaban J connectivity index is 3.12. The third kappa shape index (κ3) is 1.62. The molecule has 1 unspecified atom stereocenters. The molecule has 2 N–H and O–H groups in total. The number of hydrogen-bond acceptors (Lipinski definition) is 2. The van der Waals surface area contributed by atoms with Crippen molar-refractivity contribution in [3.63, 3.8) is 0 Å². The molecule has 0 radical (unpaired) electrons. The van der Waals surface area contributed by atoms with E-state index in [9.17, 15) is 4.91 Å². The summed E-state index contributed by atoms with van der Waals surface area (Å²) in [7, 11) is 0. The topological polar surface area (TPSA) is 52.3 Å². The van der Waals surface area contributed by atoms with Gasteiger partial charge in [0.1, 0.15) is 5.69 Å². The minimum atomic E-state index is -0.385. The average molecular weight is 152 g/mol. The van der Waals surface area contributed by atoms with Crippen molar-refractivity contribution in [2.24, 2.45) is 5.18 Å². The van der Waals surface area contributed by atoms with Crippen molar-refractivity contribution in [3.05, 3.63) is 34.7 Å². The molecule has 0 aliphatic heterocycles. The van der Waals surface area contributed by atoms with Crippen LogP contribution in [-0.4, -0.2) is 5.11 Å². The molecule has 0 amide bonds. The second kappa shape index (κ2) is 3.25. The van der Waals surface area contributed by atoms with Crippen LogP contribution in [0.2, 0.25) is 0 Å². The number of hydrogen-bond donors (Lipinski definition) is 0. The lowest BCUT2D eigenvalue weighted by Crippen LogP contribution is -1.89. The summed E-state index contributed by atoms with van der Waals surface area (Å²) >= 11 is 0. The van der Waals surface area contributed by atoms with Crippen molar-refractivity contribution < 1.29 is 5.11 Å². The SMILES string of the molecule is CC([OH2+])c1ccccc1N=O.